The Bertz CT molecular complexity index is 592. The lowest BCUT2D eigenvalue weighted by atomic mass is 10.1. The number of carbonyl (C=O) groups is 1. The van der Waals surface area contributed by atoms with Crippen molar-refractivity contribution >= 4 is 11.9 Å². The van der Waals surface area contributed by atoms with Gasteiger partial charge in [-0.05, 0) is 32.4 Å². The number of nitrogens with zero attached hydrogens (tertiary/aromatic N) is 2. The fraction of sp³-hybridized carbons (Fsp3) is 0.308. The van der Waals surface area contributed by atoms with E-state index < -0.39 is 0 Å². The molecule has 2 rings (SSSR count). The van der Waals surface area contributed by atoms with Crippen LogP contribution < -0.4 is 10.1 Å². The molecule has 0 atom stereocenters. The molecule has 100 valence electrons. The van der Waals surface area contributed by atoms with E-state index in [2.05, 4.69) is 20.5 Å². The maximum Gasteiger partial charge on any atom is 0.337 e. The van der Waals surface area contributed by atoms with Crippen molar-refractivity contribution in [2.24, 2.45) is 0 Å². The first-order valence-corrected chi connectivity index (χ1v) is 6.04. The minimum Gasteiger partial charge on any atom is -0.463 e. The lowest BCUT2D eigenvalue weighted by molar-refractivity contribution is 0.102. The Labute approximate surface area is 111 Å². The summed E-state index contributed by atoms with van der Waals surface area (Å²) >= 11 is 0. The van der Waals surface area contributed by atoms with Gasteiger partial charge in [-0.15, -0.1) is 5.10 Å². The number of benzene rings is 1. The normalized spacial score (nSPS) is 10.3. The predicted octanol–water partition coefficient (Wildman–Crippen LogP) is 2.07. The van der Waals surface area contributed by atoms with Crippen LogP contribution in [0.4, 0.5) is 5.95 Å². The Balaban J connectivity index is 2.11. The monoisotopic (exact) mass is 260 g/mol. The second-order valence-electron chi connectivity index (χ2n) is 4.17. The quantitative estimate of drug-likeness (QED) is 0.882. The van der Waals surface area contributed by atoms with E-state index in [1.54, 1.807) is 6.07 Å². The van der Waals surface area contributed by atoms with Crippen molar-refractivity contribution in [2.75, 3.05) is 11.9 Å². The van der Waals surface area contributed by atoms with E-state index in [4.69, 9.17) is 4.74 Å². The Morgan fingerprint density at radius 1 is 1.42 bits per heavy atom. The van der Waals surface area contributed by atoms with E-state index in [9.17, 15) is 4.79 Å². The smallest absolute Gasteiger partial charge is 0.337 e. The molecule has 2 aromatic rings. The molecule has 0 fully saturated rings. The van der Waals surface area contributed by atoms with Crippen molar-refractivity contribution in [3.63, 3.8) is 0 Å². The zero-order valence-corrected chi connectivity index (χ0v) is 11.2. The molecule has 0 aliphatic heterocycles. The van der Waals surface area contributed by atoms with Crippen LogP contribution in [0.1, 0.15) is 28.4 Å². The van der Waals surface area contributed by atoms with Gasteiger partial charge in [-0.1, -0.05) is 17.7 Å². The van der Waals surface area contributed by atoms with E-state index in [0.717, 1.165) is 11.1 Å². The summed E-state index contributed by atoms with van der Waals surface area (Å²) in [5.74, 6) is 0.0464. The molecule has 6 nitrogen and oxygen atoms in total. The molecule has 0 aliphatic carbocycles. The SMILES string of the molecule is CCOc1n[nH]c(NC(=O)c2ccc(C)cc2C)n1. The van der Waals surface area contributed by atoms with E-state index in [-0.39, 0.29) is 17.9 Å². The fourth-order valence-corrected chi connectivity index (χ4v) is 1.74. The minimum atomic E-state index is -0.225. The number of hydrogen-bond donors (Lipinski definition) is 2. The Morgan fingerprint density at radius 2 is 2.21 bits per heavy atom. The van der Waals surface area contributed by atoms with Gasteiger partial charge in [0.1, 0.15) is 0 Å². The largest absolute Gasteiger partial charge is 0.463 e. The summed E-state index contributed by atoms with van der Waals surface area (Å²) in [6.07, 6.45) is 0. The number of ether oxygens (including phenoxy) is 1. The number of H-pyrrole nitrogens is 1. The van der Waals surface area contributed by atoms with Crippen LogP contribution in [0.25, 0.3) is 0 Å². The lowest BCUT2D eigenvalue weighted by Gasteiger charge is -2.05. The number of anilines is 1. The maximum absolute atomic E-state index is 12.1. The van der Waals surface area contributed by atoms with Crippen LogP contribution in [0, 0.1) is 13.8 Å². The molecule has 1 amide bonds. The summed E-state index contributed by atoms with van der Waals surface area (Å²) in [6, 6.07) is 5.87. The first-order chi connectivity index (χ1) is 9.10. The van der Waals surface area contributed by atoms with Gasteiger partial charge in [-0.2, -0.15) is 4.98 Å². The van der Waals surface area contributed by atoms with Crippen LogP contribution >= 0.6 is 0 Å². The molecule has 0 aliphatic rings. The van der Waals surface area contributed by atoms with Gasteiger partial charge in [0.2, 0.25) is 5.95 Å². The van der Waals surface area contributed by atoms with Crippen molar-refractivity contribution in [2.45, 2.75) is 20.8 Å². The standard InChI is InChI=1S/C13H16N4O2/c1-4-19-13-15-12(16-17-13)14-11(18)10-6-5-8(2)7-9(10)3/h5-7H,4H2,1-3H3,(H2,14,15,16,17,18). The van der Waals surface area contributed by atoms with Gasteiger partial charge in [0.05, 0.1) is 6.61 Å². The molecule has 1 aromatic carbocycles. The molecule has 0 radical (unpaired) electrons. The average Bonchev–Trinajstić information content (AvgIpc) is 2.76. The predicted molar refractivity (Wildman–Crippen MR) is 71.4 cm³/mol. The minimum absolute atomic E-state index is 0.221. The lowest BCUT2D eigenvalue weighted by Crippen LogP contribution is -2.14. The fourth-order valence-electron chi connectivity index (χ4n) is 1.74. The number of amides is 1. The number of carbonyl (C=O) groups excluding carboxylic acids is 1. The third-order valence-electron chi connectivity index (χ3n) is 2.60. The Morgan fingerprint density at radius 3 is 2.89 bits per heavy atom. The third-order valence-corrected chi connectivity index (χ3v) is 2.60. The molecular weight excluding hydrogens is 244 g/mol. The van der Waals surface area contributed by atoms with Gasteiger partial charge in [-0.25, -0.2) is 5.10 Å². The van der Waals surface area contributed by atoms with Crippen molar-refractivity contribution in [3.05, 3.63) is 34.9 Å². The number of nitrogens with one attached hydrogen (secondary N) is 2. The number of aromatic amines is 1. The van der Waals surface area contributed by atoms with Crippen molar-refractivity contribution in [1.29, 1.82) is 0 Å². The summed E-state index contributed by atoms with van der Waals surface area (Å²) < 4.78 is 5.11. The van der Waals surface area contributed by atoms with Crippen LogP contribution in [0.3, 0.4) is 0 Å². The molecule has 0 unspecified atom stereocenters. The van der Waals surface area contributed by atoms with Crippen molar-refractivity contribution in [1.82, 2.24) is 15.2 Å². The number of hydrogen-bond acceptors (Lipinski definition) is 4. The second-order valence-corrected chi connectivity index (χ2v) is 4.17. The van der Waals surface area contributed by atoms with Gasteiger partial charge in [-0.3, -0.25) is 10.1 Å². The molecule has 19 heavy (non-hydrogen) atoms. The maximum atomic E-state index is 12.1. The summed E-state index contributed by atoms with van der Waals surface area (Å²) in [5, 5.41) is 9.07. The topological polar surface area (TPSA) is 79.9 Å². The first kappa shape index (κ1) is 13.1. The number of rotatable bonds is 4. The highest BCUT2D eigenvalue weighted by Crippen LogP contribution is 2.13. The van der Waals surface area contributed by atoms with Crippen LogP contribution in [0.15, 0.2) is 18.2 Å². The van der Waals surface area contributed by atoms with Crippen LogP contribution in [-0.4, -0.2) is 27.7 Å². The molecule has 0 saturated carbocycles. The first-order valence-electron chi connectivity index (χ1n) is 6.04. The van der Waals surface area contributed by atoms with E-state index in [1.165, 1.54) is 0 Å². The Kier molecular flexibility index (Phi) is 3.79. The van der Waals surface area contributed by atoms with E-state index in [1.807, 2.05) is 32.9 Å². The van der Waals surface area contributed by atoms with Gasteiger partial charge in [0.15, 0.2) is 0 Å². The van der Waals surface area contributed by atoms with Gasteiger partial charge in [0.25, 0.3) is 5.91 Å². The van der Waals surface area contributed by atoms with Gasteiger partial charge >= 0.3 is 6.01 Å². The molecule has 1 heterocycles. The molecule has 0 saturated heterocycles. The number of aromatic nitrogens is 3. The number of aryl methyl sites for hydroxylation is 2. The molecule has 0 spiro atoms. The van der Waals surface area contributed by atoms with Crippen LogP contribution in [0.5, 0.6) is 6.01 Å². The van der Waals surface area contributed by atoms with Crippen molar-refractivity contribution in [3.8, 4) is 6.01 Å². The molecule has 2 N–H and O–H groups in total. The highest BCUT2D eigenvalue weighted by Gasteiger charge is 2.12. The zero-order chi connectivity index (χ0) is 13.8. The van der Waals surface area contributed by atoms with Gasteiger partial charge in [0, 0.05) is 5.56 Å². The Hall–Kier alpha value is -2.37. The van der Waals surface area contributed by atoms with Crippen LogP contribution in [0.2, 0.25) is 0 Å². The molecular formula is C13H16N4O2. The molecule has 1 aromatic heterocycles. The zero-order valence-electron chi connectivity index (χ0n) is 11.2. The summed E-state index contributed by atoms with van der Waals surface area (Å²) in [7, 11) is 0. The average molecular weight is 260 g/mol. The highest BCUT2D eigenvalue weighted by molar-refractivity contribution is 6.04. The van der Waals surface area contributed by atoms with E-state index in [0.29, 0.717) is 12.2 Å². The van der Waals surface area contributed by atoms with Crippen LogP contribution in [-0.2, 0) is 0 Å². The van der Waals surface area contributed by atoms with E-state index >= 15 is 0 Å². The summed E-state index contributed by atoms with van der Waals surface area (Å²) in [4.78, 5) is 16.1. The highest BCUT2D eigenvalue weighted by atomic mass is 16.5. The van der Waals surface area contributed by atoms with Gasteiger partial charge < -0.3 is 4.74 Å². The third kappa shape index (κ3) is 3.09. The molecule has 0 bridgehead atoms. The summed E-state index contributed by atoms with van der Waals surface area (Å²) in [5.41, 5.74) is 2.65. The second kappa shape index (κ2) is 5.51. The van der Waals surface area contributed by atoms with Crippen molar-refractivity contribution < 1.29 is 9.53 Å². The summed E-state index contributed by atoms with van der Waals surface area (Å²) in [6.45, 7) is 6.19. The molecule has 6 heteroatoms.